The maximum Gasteiger partial charge on any atom is 0.303 e. The minimum atomic E-state index is -0.783. The molecule has 0 unspecified atom stereocenters. The van der Waals surface area contributed by atoms with Crippen molar-refractivity contribution in [1.82, 2.24) is 4.57 Å². The highest BCUT2D eigenvalue weighted by molar-refractivity contribution is 5.87. The number of carboxylic acid groups (broad SMARTS) is 1. The van der Waals surface area contributed by atoms with E-state index in [1.165, 1.54) is 27.7 Å². The number of aromatic nitrogens is 1. The number of para-hydroxylation sites is 1. The van der Waals surface area contributed by atoms with Crippen LogP contribution in [0.2, 0.25) is 0 Å². The number of benzene rings is 4. The highest BCUT2D eigenvalue weighted by atomic mass is 16.5. The molecule has 0 saturated carbocycles. The molecule has 1 N–H and O–H groups in total. The maximum absolute atomic E-state index is 10.8. The summed E-state index contributed by atoms with van der Waals surface area (Å²) in [5.74, 6) is -0.00810. The van der Waals surface area contributed by atoms with Crippen LogP contribution in [-0.4, -0.2) is 15.6 Å². The molecule has 4 nitrogen and oxygen atoms in total. The molecule has 0 saturated heterocycles. The van der Waals surface area contributed by atoms with E-state index >= 15 is 0 Å². The average molecular weight is 462 g/mol. The first-order valence-electron chi connectivity index (χ1n) is 11.8. The van der Waals surface area contributed by atoms with Crippen LogP contribution in [0.3, 0.4) is 0 Å². The van der Waals surface area contributed by atoms with Gasteiger partial charge in [-0.3, -0.25) is 4.79 Å². The topological polar surface area (TPSA) is 51.5 Å². The zero-order valence-corrected chi connectivity index (χ0v) is 19.4. The Balaban J connectivity index is 1.33. The second kappa shape index (κ2) is 10.3. The summed E-state index contributed by atoms with van der Waals surface area (Å²) in [7, 11) is 0. The van der Waals surface area contributed by atoms with Crippen LogP contribution in [-0.2, 0) is 24.4 Å². The predicted octanol–water partition coefficient (Wildman–Crippen LogP) is 6.95. The predicted molar refractivity (Wildman–Crippen MR) is 140 cm³/mol. The number of carboxylic acids is 1. The molecule has 174 valence electrons. The SMILES string of the molecule is O=C(O)CCc1ccc(OCc2cccc(Cn3c(-c4ccccc4)cc4ccccc43)c2)cc1. The van der Waals surface area contributed by atoms with Crippen molar-refractivity contribution in [2.75, 3.05) is 0 Å². The molecule has 5 aromatic rings. The number of hydrogen-bond acceptors (Lipinski definition) is 2. The van der Waals surface area contributed by atoms with E-state index in [1.807, 2.05) is 30.3 Å². The Kier molecular flexibility index (Phi) is 6.62. The molecular weight excluding hydrogens is 434 g/mol. The molecule has 5 rings (SSSR count). The van der Waals surface area contributed by atoms with E-state index in [-0.39, 0.29) is 6.42 Å². The van der Waals surface area contributed by atoms with Crippen LogP contribution < -0.4 is 4.74 Å². The first kappa shape index (κ1) is 22.5. The van der Waals surface area contributed by atoms with E-state index in [4.69, 9.17) is 9.84 Å². The van der Waals surface area contributed by atoms with Gasteiger partial charge in [-0.15, -0.1) is 0 Å². The summed E-state index contributed by atoms with van der Waals surface area (Å²) in [5.41, 5.74) is 6.95. The fourth-order valence-corrected chi connectivity index (χ4v) is 4.40. The van der Waals surface area contributed by atoms with Gasteiger partial charge in [0.2, 0.25) is 0 Å². The normalized spacial score (nSPS) is 11.0. The number of hydrogen-bond donors (Lipinski definition) is 1. The number of aryl methyl sites for hydroxylation is 1. The van der Waals surface area contributed by atoms with E-state index in [9.17, 15) is 4.79 Å². The number of fused-ring (bicyclic) bond motifs is 1. The number of ether oxygens (including phenoxy) is 1. The van der Waals surface area contributed by atoms with Crippen LogP contribution in [0.25, 0.3) is 22.2 Å². The van der Waals surface area contributed by atoms with Crippen LogP contribution >= 0.6 is 0 Å². The monoisotopic (exact) mass is 461 g/mol. The lowest BCUT2D eigenvalue weighted by Gasteiger charge is -2.13. The molecular formula is C31H27NO3. The summed E-state index contributed by atoms with van der Waals surface area (Å²) >= 11 is 0. The summed E-state index contributed by atoms with van der Waals surface area (Å²) in [4.78, 5) is 10.8. The second-order valence-electron chi connectivity index (χ2n) is 8.69. The van der Waals surface area contributed by atoms with Crippen molar-refractivity contribution in [3.05, 3.63) is 126 Å². The Bertz CT molecular complexity index is 1440. The van der Waals surface area contributed by atoms with Gasteiger partial charge in [0.05, 0.1) is 0 Å². The largest absolute Gasteiger partial charge is 0.489 e. The highest BCUT2D eigenvalue weighted by Gasteiger charge is 2.11. The Morgan fingerprint density at radius 1 is 0.743 bits per heavy atom. The quantitative estimate of drug-likeness (QED) is 0.258. The molecule has 0 aliphatic rings. The van der Waals surface area contributed by atoms with Gasteiger partial charge in [-0.1, -0.05) is 84.9 Å². The van der Waals surface area contributed by atoms with Crippen LogP contribution in [0.5, 0.6) is 5.75 Å². The number of rotatable bonds is 9. The lowest BCUT2D eigenvalue weighted by atomic mass is 10.1. The molecule has 4 aromatic carbocycles. The Morgan fingerprint density at radius 3 is 2.29 bits per heavy atom. The Morgan fingerprint density at radius 2 is 1.49 bits per heavy atom. The molecule has 4 heteroatoms. The van der Waals surface area contributed by atoms with Gasteiger partial charge in [0.25, 0.3) is 0 Å². The van der Waals surface area contributed by atoms with Gasteiger partial charge >= 0.3 is 5.97 Å². The molecule has 0 bridgehead atoms. The van der Waals surface area contributed by atoms with E-state index in [0.29, 0.717) is 13.0 Å². The van der Waals surface area contributed by atoms with Crippen molar-refractivity contribution >= 4 is 16.9 Å². The summed E-state index contributed by atoms with van der Waals surface area (Å²) < 4.78 is 8.38. The highest BCUT2D eigenvalue weighted by Crippen LogP contribution is 2.29. The standard InChI is InChI=1S/C31H27NO3/c33-31(34)18-15-23-13-16-28(17-14-23)35-22-25-8-6-7-24(19-25)21-32-29-12-5-4-11-27(29)20-30(32)26-9-2-1-3-10-26/h1-14,16-17,19-20H,15,18,21-22H2,(H,33,34). The van der Waals surface area contributed by atoms with Crippen LogP contribution in [0.4, 0.5) is 0 Å². The summed E-state index contributed by atoms with van der Waals surface area (Å²) in [6.45, 7) is 1.24. The van der Waals surface area contributed by atoms with E-state index < -0.39 is 5.97 Å². The van der Waals surface area contributed by atoms with Gasteiger partial charge in [0.15, 0.2) is 0 Å². The second-order valence-corrected chi connectivity index (χ2v) is 8.69. The van der Waals surface area contributed by atoms with Gasteiger partial charge in [-0.2, -0.15) is 0 Å². The zero-order valence-electron chi connectivity index (χ0n) is 19.4. The minimum Gasteiger partial charge on any atom is -0.489 e. The number of nitrogens with zero attached hydrogens (tertiary/aromatic N) is 1. The third-order valence-electron chi connectivity index (χ3n) is 6.17. The van der Waals surface area contributed by atoms with Crippen molar-refractivity contribution in [2.24, 2.45) is 0 Å². The molecule has 1 aromatic heterocycles. The lowest BCUT2D eigenvalue weighted by Crippen LogP contribution is -2.03. The lowest BCUT2D eigenvalue weighted by molar-refractivity contribution is -0.136. The molecule has 0 atom stereocenters. The number of carbonyl (C=O) groups is 1. The third kappa shape index (κ3) is 5.44. The molecule has 0 spiro atoms. The molecule has 0 aliphatic heterocycles. The van der Waals surface area contributed by atoms with Crippen LogP contribution in [0.15, 0.2) is 109 Å². The van der Waals surface area contributed by atoms with E-state index in [2.05, 4.69) is 83.4 Å². The zero-order chi connectivity index (χ0) is 24.0. The van der Waals surface area contributed by atoms with Gasteiger partial charge < -0.3 is 14.4 Å². The molecule has 0 radical (unpaired) electrons. The van der Waals surface area contributed by atoms with Crippen molar-refractivity contribution in [2.45, 2.75) is 26.0 Å². The fraction of sp³-hybridized carbons (Fsp3) is 0.129. The number of aliphatic carboxylic acids is 1. The summed E-state index contributed by atoms with van der Waals surface area (Å²) in [6.07, 6.45) is 0.659. The van der Waals surface area contributed by atoms with Crippen LogP contribution in [0, 0.1) is 0 Å². The smallest absolute Gasteiger partial charge is 0.303 e. The maximum atomic E-state index is 10.8. The summed E-state index contributed by atoms with van der Waals surface area (Å²) in [5, 5.41) is 10.1. The van der Waals surface area contributed by atoms with Crippen molar-refractivity contribution < 1.29 is 14.6 Å². The third-order valence-corrected chi connectivity index (χ3v) is 6.17. The first-order valence-corrected chi connectivity index (χ1v) is 11.8. The van der Waals surface area contributed by atoms with E-state index in [0.717, 1.165) is 23.4 Å². The minimum absolute atomic E-state index is 0.135. The van der Waals surface area contributed by atoms with E-state index in [1.54, 1.807) is 0 Å². The molecule has 0 aliphatic carbocycles. The molecule has 35 heavy (non-hydrogen) atoms. The van der Waals surface area contributed by atoms with Crippen molar-refractivity contribution in [3.63, 3.8) is 0 Å². The Labute approximate surface area is 205 Å². The Hall–Kier alpha value is -4.31. The molecule has 1 heterocycles. The fourth-order valence-electron chi connectivity index (χ4n) is 4.40. The molecule has 0 amide bonds. The first-order chi connectivity index (χ1) is 17.2. The van der Waals surface area contributed by atoms with Gasteiger partial charge in [0.1, 0.15) is 12.4 Å². The van der Waals surface area contributed by atoms with Gasteiger partial charge in [-0.25, -0.2) is 0 Å². The molecule has 0 fully saturated rings. The van der Waals surface area contributed by atoms with Crippen molar-refractivity contribution in [3.8, 4) is 17.0 Å². The summed E-state index contributed by atoms with van der Waals surface area (Å²) in [6, 6.07) is 37.5. The van der Waals surface area contributed by atoms with Crippen molar-refractivity contribution in [1.29, 1.82) is 0 Å². The van der Waals surface area contributed by atoms with Gasteiger partial charge in [-0.05, 0) is 52.9 Å². The van der Waals surface area contributed by atoms with Gasteiger partial charge in [0, 0.05) is 29.6 Å². The van der Waals surface area contributed by atoms with Crippen LogP contribution in [0.1, 0.15) is 23.1 Å². The average Bonchev–Trinajstić information content (AvgIpc) is 3.26.